The van der Waals surface area contributed by atoms with Gasteiger partial charge >= 0.3 is 12.3 Å². The van der Waals surface area contributed by atoms with Crippen LogP contribution in [0.4, 0.5) is 0 Å². The van der Waals surface area contributed by atoms with Crippen LogP contribution in [0.2, 0.25) is 0 Å². The SMILES string of the molecule is C=CC[C@@H]1O[C@H]2C3O[C@]4(CC[C@H]5CC(=C)C(CC[C@H]6C[C@@H](C)C(=C)[C@@H](CC7O[C@H](C[C@H](C)CC)[C@H](C)[C@H]7CC)O6)O5)C[C@H]3O[C@H]2C(O4)[C@H]1C.C=CC[C@@H]1O[C@H]2C3O[C@]4(CC[C@H]5CC(=C)C(CC[C@H]6C[C@@H](C)C(=C)[C@@H](CC7O[C@H](C[C@H](O)CO)[C@H](C)[C@H]7CC)O6)O5)C[C@H]3O[C@H]2C(O4)[C@H]1C.O=C=O.O=C=O. The predicted molar refractivity (Wildman–Crippen MR) is 386 cm³/mol. The summed E-state index contributed by atoms with van der Waals surface area (Å²) in [7, 11) is 0. The number of hydrogen-bond donors (Lipinski definition) is 2. The maximum absolute atomic E-state index is 10.1. The number of ether oxygens (including phenoxy) is 14. The van der Waals surface area contributed by atoms with Crippen LogP contribution in [0, 0.1) is 53.3 Å². The zero-order valence-corrected chi connectivity index (χ0v) is 64.2. The zero-order valence-electron chi connectivity index (χ0n) is 64.2. The highest BCUT2D eigenvalue weighted by atomic mass is 16.8. The Labute approximate surface area is 620 Å². The lowest BCUT2D eigenvalue weighted by molar-refractivity contribution is -0.263. The number of hydrogen-bond acceptors (Lipinski definition) is 20. The first-order valence-corrected chi connectivity index (χ1v) is 40.4. The molecule has 0 radical (unpaired) electrons. The summed E-state index contributed by atoms with van der Waals surface area (Å²) < 4.78 is 93.4. The van der Waals surface area contributed by atoms with Gasteiger partial charge in [-0.25, -0.2) is 0 Å². The third kappa shape index (κ3) is 17.6. The van der Waals surface area contributed by atoms with Crippen molar-refractivity contribution >= 4 is 12.3 Å². The molecule has 0 saturated carbocycles. The molecule has 16 aliphatic heterocycles. The largest absolute Gasteiger partial charge is 0.394 e. The van der Waals surface area contributed by atoms with Crippen LogP contribution in [-0.2, 0) is 85.5 Å². The lowest BCUT2D eigenvalue weighted by Gasteiger charge is -2.42. The first kappa shape index (κ1) is 81.5. The van der Waals surface area contributed by atoms with Crippen molar-refractivity contribution in [1.29, 1.82) is 0 Å². The van der Waals surface area contributed by atoms with Crippen LogP contribution in [0.3, 0.4) is 0 Å². The minimum absolute atomic E-state index is 0.0196. The third-order valence-corrected chi connectivity index (χ3v) is 27.3. The molecule has 16 saturated heterocycles. The van der Waals surface area contributed by atoms with Gasteiger partial charge in [-0.2, -0.15) is 19.2 Å². The van der Waals surface area contributed by atoms with Gasteiger partial charge in [0, 0.05) is 56.8 Å². The molecule has 16 fully saturated rings. The lowest BCUT2D eigenvalue weighted by Crippen LogP contribution is -2.54. The second-order valence-electron chi connectivity index (χ2n) is 34.0. The normalized spacial score (nSPS) is 46.8. The van der Waals surface area contributed by atoms with Gasteiger partial charge in [0.25, 0.3) is 0 Å². The molecule has 20 nitrogen and oxygen atoms in total. The summed E-state index contributed by atoms with van der Waals surface area (Å²) in [6.07, 6.45) is 25.4. The van der Waals surface area contributed by atoms with E-state index in [-0.39, 0.29) is 171 Å². The molecule has 16 heterocycles. The summed E-state index contributed by atoms with van der Waals surface area (Å²) in [6, 6.07) is 0. The van der Waals surface area contributed by atoms with Gasteiger partial charge in [0.1, 0.15) is 36.6 Å². The number of aliphatic hydroxyl groups is 2. The van der Waals surface area contributed by atoms with E-state index in [9.17, 15) is 10.2 Å². The molecule has 0 aromatic rings. The van der Waals surface area contributed by atoms with E-state index in [1.165, 1.54) is 23.1 Å². The van der Waals surface area contributed by atoms with Crippen molar-refractivity contribution in [3.8, 4) is 0 Å². The summed E-state index contributed by atoms with van der Waals surface area (Å²) in [5.41, 5.74) is 4.78. The molecule has 12 bridgehead atoms. The molecule has 0 aliphatic carbocycles. The van der Waals surface area contributed by atoms with E-state index >= 15 is 0 Å². The molecule has 36 atom stereocenters. The number of aliphatic hydroxyl groups excluding tert-OH is 2. The summed E-state index contributed by atoms with van der Waals surface area (Å²) in [5, 5.41) is 19.5. The third-order valence-electron chi connectivity index (χ3n) is 27.3. The fourth-order valence-electron chi connectivity index (χ4n) is 21.1. The van der Waals surface area contributed by atoms with Crippen molar-refractivity contribution in [2.24, 2.45) is 53.3 Å². The molecule has 8 unspecified atom stereocenters. The first-order valence-electron chi connectivity index (χ1n) is 40.4. The smallest absolute Gasteiger partial charge is 0.373 e. The Kier molecular flexibility index (Phi) is 28.0. The van der Waals surface area contributed by atoms with Gasteiger partial charge in [-0.1, -0.05) is 127 Å². The average Bonchev–Trinajstić information content (AvgIpc) is 1.56. The van der Waals surface area contributed by atoms with E-state index in [1.54, 1.807) is 0 Å². The minimum Gasteiger partial charge on any atom is -0.394 e. The summed E-state index contributed by atoms with van der Waals surface area (Å²) in [5.74, 6) is 2.56. The minimum atomic E-state index is -0.747. The van der Waals surface area contributed by atoms with Crippen molar-refractivity contribution < 1.29 is 95.7 Å². The topological polar surface area (TPSA) is 238 Å². The van der Waals surface area contributed by atoms with E-state index < -0.39 is 17.7 Å². The van der Waals surface area contributed by atoms with E-state index in [4.69, 9.17) is 85.5 Å². The first-order chi connectivity index (χ1) is 49.9. The Morgan fingerprint density at radius 3 is 1.24 bits per heavy atom. The summed E-state index contributed by atoms with van der Waals surface area (Å²) in [4.78, 5) is 32.5. The highest BCUT2D eigenvalue weighted by molar-refractivity contribution is 5.21. The van der Waals surface area contributed by atoms with Crippen molar-refractivity contribution in [3.63, 3.8) is 0 Å². The molecule has 0 aromatic heterocycles. The molecule has 20 heteroatoms. The monoisotopic (exact) mass is 1460 g/mol. The van der Waals surface area contributed by atoms with Crippen LogP contribution in [0.5, 0.6) is 0 Å². The van der Waals surface area contributed by atoms with Crippen LogP contribution >= 0.6 is 0 Å². The van der Waals surface area contributed by atoms with Crippen molar-refractivity contribution in [2.75, 3.05) is 6.61 Å². The zero-order chi connectivity index (χ0) is 74.6. The molecule has 584 valence electrons. The Bertz CT molecular complexity index is 2790. The van der Waals surface area contributed by atoms with E-state index in [0.717, 1.165) is 140 Å². The van der Waals surface area contributed by atoms with Gasteiger partial charge in [-0.15, -0.1) is 13.2 Å². The highest BCUT2D eigenvalue weighted by Crippen LogP contribution is 2.57. The second kappa shape index (κ2) is 35.7. The van der Waals surface area contributed by atoms with Crippen molar-refractivity contribution in [1.82, 2.24) is 0 Å². The quantitative estimate of drug-likeness (QED) is 0.0692. The molecule has 0 spiro atoms. The standard InChI is InChI=1S/C42H66O7.C40H62O9.2CO2/c1-10-13-33-28(9)38-40-41(46-33)39-37(47-40)22-42(48-38,49-39)17-16-30-20-25(6)32(43-30)15-14-29-19-24(5)26(7)35(44-29)21-36-31(12-3)27(8)34(45-36)18-23(4)11-2;1-8-10-31-25(7)36-38-39(46-31)37-35(47-38)19-40(48-36,49-37)14-13-28-16-22(4)30(43-28)12-11-27-15-21(3)23(5)33(44-27)18-34-29(9-2)24(6)32(45-34)17-26(42)20-41;2*2-1-3/h10,23-24,27-41H,1,6-7,11-22H2,2-5,8-9H3;8,21,24-39,41-42H,1,4-5,9-20H2,2-3,6-7H3;;/t23-,24-,27-,28+,29+,30+,31-,32?,33+,34-,35-,36?,37-,38?,39?,40+,41+,42-;21-,24-,25+,26+,27+,28+,29-,30?,31+,32-,33-,34?,35-,36?,37?,38+,39+,40-;;/m11../s1. The van der Waals surface area contributed by atoms with Crippen LogP contribution in [0.25, 0.3) is 0 Å². The van der Waals surface area contributed by atoms with E-state index in [2.05, 4.69) is 109 Å². The fraction of sp³-hybridized carbons (Fsp3) is 0.833. The van der Waals surface area contributed by atoms with Gasteiger partial charge < -0.3 is 76.5 Å². The van der Waals surface area contributed by atoms with E-state index in [1.807, 2.05) is 12.2 Å². The Balaban J connectivity index is 0.000000194. The van der Waals surface area contributed by atoms with Crippen molar-refractivity contribution in [3.05, 3.63) is 73.9 Å². The molecular weight excluding hydrogens is 1330 g/mol. The molecule has 2 N–H and O–H groups in total. The van der Waals surface area contributed by atoms with E-state index in [0.29, 0.717) is 54.0 Å². The van der Waals surface area contributed by atoms with Gasteiger partial charge in [0.2, 0.25) is 0 Å². The number of carbonyl (C=O) groups excluding carboxylic acids is 4. The Hall–Kier alpha value is -3.44. The maximum atomic E-state index is 10.1. The molecule has 16 rings (SSSR count). The van der Waals surface area contributed by atoms with Crippen molar-refractivity contribution in [2.45, 2.75) is 381 Å². The fourth-order valence-corrected chi connectivity index (χ4v) is 21.1. The van der Waals surface area contributed by atoms with Crippen LogP contribution in [0.1, 0.15) is 217 Å². The molecule has 104 heavy (non-hydrogen) atoms. The van der Waals surface area contributed by atoms with Gasteiger partial charge in [0.05, 0.1) is 123 Å². The van der Waals surface area contributed by atoms with Gasteiger partial charge in [-0.3, -0.25) is 0 Å². The number of rotatable bonds is 28. The second-order valence-corrected chi connectivity index (χ2v) is 34.0. The molecular formula is C84H128O20. The van der Waals surface area contributed by atoms with Crippen LogP contribution in [0.15, 0.2) is 73.9 Å². The highest BCUT2D eigenvalue weighted by Gasteiger charge is 2.69. The van der Waals surface area contributed by atoms with Gasteiger partial charge in [0.15, 0.2) is 11.6 Å². The summed E-state index contributed by atoms with van der Waals surface area (Å²) >= 11 is 0. The molecule has 0 amide bonds. The molecule has 16 aliphatic rings. The maximum Gasteiger partial charge on any atom is 0.373 e. The van der Waals surface area contributed by atoms with Gasteiger partial charge in [-0.05, 0) is 147 Å². The Morgan fingerprint density at radius 2 is 0.856 bits per heavy atom. The molecule has 0 aromatic carbocycles. The lowest BCUT2D eigenvalue weighted by atomic mass is 9.80. The predicted octanol–water partition coefficient (Wildman–Crippen LogP) is 13.1. The van der Waals surface area contributed by atoms with Crippen LogP contribution in [-0.4, -0.2) is 193 Å². The Morgan fingerprint density at radius 1 is 0.471 bits per heavy atom. The summed E-state index contributed by atoms with van der Waals surface area (Å²) in [6.45, 7) is 48.4. The van der Waals surface area contributed by atoms with Crippen LogP contribution < -0.4 is 0 Å². The average molecular weight is 1460 g/mol.